The summed E-state index contributed by atoms with van der Waals surface area (Å²) in [6, 6.07) is 5.72. The summed E-state index contributed by atoms with van der Waals surface area (Å²) in [5.41, 5.74) is 1.07. The van der Waals surface area contributed by atoms with Crippen LogP contribution in [0, 0.1) is 17.8 Å². The van der Waals surface area contributed by atoms with E-state index in [1.165, 1.54) is 0 Å². The quantitative estimate of drug-likeness (QED) is 0.171. The maximum atomic E-state index is 9.41. The van der Waals surface area contributed by atoms with Crippen molar-refractivity contribution in [3.8, 4) is 23.8 Å². The van der Waals surface area contributed by atoms with E-state index < -0.39 is 0 Å². The first-order chi connectivity index (χ1) is 13.6. The van der Waals surface area contributed by atoms with Gasteiger partial charge in [0.15, 0.2) is 17.5 Å². The van der Waals surface area contributed by atoms with Crippen LogP contribution in [0.2, 0.25) is 0 Å². The highest BCUT2D eigenvalue weighted by Gasteiger charge is 2.25. The van der Waals surface area contributed by atoms with Crippen LogP contribution in [0.15, 0.2) is 23.2 Å². The van der Waals surface area contributed by atoms with E-state index >= 15 is 0 Å². The van der Waals surface area contributed by atoms with Crippen molar-refractivity contribution in [2.75, 3.05) is 33.4 Å². The predicted molar refractivity (Wildman–Crippen MR) is 130 cm³/mol. The molecule has 1 aromatic carbocycles. The monoisotopic (exact) mass is 517 g/mol. The fraction of sp³-hybridized carbons (Fsp3) is 0.591. The van der Waals surface area contributed by atoms with Crippen molar-refractivity contribution in [3.05, 3.63) is 23.8 Å². The summed E-state index contributed by atoms with van der Waals surface area (Å²) < 4.78 is 10.9. The summed E-state index contributed by atoms with van der Waals surface area (Å²) >= 11 is 0. The van der Waals surface area contributed by atoms with Crippen molar-refractivity contribution in [1.82, 2.24) is 10.6 Å². The average molecular weight is 517 g/mol. The van der Waals surface area contributed by atoms with E-state index in [0.29, 0.717) is 18.0 Å². The number of guanidine groups is 1. The molecule has 0 amide bonds. The van der Waals surface area contributed by atoms with Gasteiger partial charge >= 0.3 is 0 Å². The second-order valence-electron chi connectivity index (χ2n) is 6.71. The van der Waals surface area contributed by atoms with Gasteiger partial charge in [-0.05, 0) is 49.3 Å². The first kappa shape index (κ1) is 27.3. The molecule has 6 nitrogen and oxygen atoms in total. The van der Waals surface area contributed by atoms with Crippen molar-refractivity contribution in [2.45, 2.75) is 46.6 Å². The zero-order valence-electron chi connectivity index (χ0n) is 18.1. The Morgan fingerprint density at radius 3 is 2.48 bits per heavy atom. The molecule has 164 valence electrons. The molecular weight excluding hydrogens is 481 g/mol. The number of hydrogen-bond acceptors (Lipinski definition) is 4. The van der Waals surface area contributed by atoms with Gasteiger partial charge in [0.2, 0.25) is 0 Å². The number of ether oxygens (including phenoxy) is 2. The summed E-state index contributed by atoms with van der Waals surface area (Å²) in [5.74, 6) is 4.48. The van der Waals surface area contributed by atoms with E-state index in [2.05, 4.69) is 35.4 Å². The Morgan fingerprint density at radius 1 is 1.21 bits per heavy atom. The van der Waals surface area contributed by atoms with E-state index in [4.69, 9.17) is 15.9 Å². The summed E-state index contributed by atoms with van der Waals surface area (Å²) in [6.45, 7) is 8.80. The zero-order chi connectivity index (χ0) is 20.8. The molecule has 29 heavy (non-hydrogen) atoms. The maximum absolute atomic E-state index is 9.41. The first-order valence-corrected chi connectivity index (χ1v) is 9.94. The van der Waals surface area contributed by atoms with Gasteiger partial charge < -0.3 is 25.2 Å². The molecule has 0 aliphatic rings. The predicted octanol–water partition coefficient (Wildman–Crippen LogP) is 3.57. The van der Waals surface area contributed by atoms with Gasteiger partial charge in [0.1, 0.15) is 6.61 Å². The third-order valence-corrected chi connectivity index (χ3v) is 5.08. The molecule has 0 spiro atoms. The molecule has 0 bridgehead atoms. The summed E-state index contributed by atoms with van der Waals surface area (Å²) in [4.78, 5) is 4.69. The second-order valence-corrected chi connectivity index (χ2v) is 6.71. The number of nitrogens with zero attached hydrogens (tertiary/aromatic N) is 1. The van der Waals surface area contributed by atoms with Crippen LogP contribution in [-0.4, -0.2) is 44.5 Å². The molecule has 0 aliphatic carbocycles. The zero-order valence-corrected chi connectivity index (χ0v) is 20.4. The van der Waals surface area contributed by atoms with Gasteiger partial charge in [0.25, 0.3) is 0 Å². The number of nitrogens with one attached hydrogen (secondary N) is 2. The lowest BCUT2D eigenvalue weighted by Crippen LogP contribution is -2.43. The minimum absolute atomic E-state index is 0. The van der Waals surface area contributed by atoms with Crippen LogP contribution in [0.3, 0.4) is 0 Å². The van der Waals surface area contributed by atoms with Crippen LogP contribution in [0.4, 0.5) is 0 Å². The third kappa shape index (κ3) is 9.13. The molecule has 0 saturated heterocycles. The first-order valence-electron chi connectivity index (χ1n) is 9.94. The van der Waals surface area contributed by atoms with E-state index in [0.717, 1.165) is 43.9 Å². The van der Waals surface area contributed by atoms with Gasteiger partial charge in [-0.1, -0.05) is 25.8 Å². The van der Waals surface area contributed by atoms with E-state index in [1.54, 1.807) is 7.11 Å². The molecule has 3 N–H and O–H groups in total. The Balaban J connectivity index is 0.00000784. The lowest BCUT2D eigenvalue weighted by molar-refractivity contribution is 0.169. The van der Waals surface area contributed by atoms with Crippen molar-refractivity contribution in [1.29, 1.82) is 0 Å². The molecule has 1 aromatic rings. The van der Waals surface area contributed by atoms with Crippen LogP contribution in [0.5, 0.6) is 11.5 Å². The normalized spacial score (nSPS) is 11.2. The molecule has 0 aliphatic heterocycles. The van der Waals surface area contributed by atoms with Gasteiger partial charge in [-0.2, -0.15) is 0 Å². The molecule has 0 heterocycles. The highest BCUT2D eigenvalue weighted by molar-refractivity contribution is 14.0. The summed E-state index contributed by atoms with van der Waals surface area (Å²) in [5, 5.41) is 16.1. The summed E-state index contributed by atoms with van der Waals surface area (Å²) in [7, 11) is 1.60. The topological polar surface area (TPSA) is 75.1 Å². The largest absolute Gasteiger partial charge is 0.493 e. The number of halogens is 1. The lowest BCUT2D eigenvalue weighted by Gasteiger charge is -2.32. The van der Waals surface area contributed by atoms with Gasteiger partial charge in [0, 0.05) is 19.7 Å². The van der Waals surface area contributed by atoms with E-state index in [9.17, 15) is 5.11 Å². The fourth-order valence-electron chi connectivity index (χ4n) is 3.01. The Hall–Kier alpha value is -1.66. The van der Waals surface area contributed by atoms with Crippen LogP contribution in [0.25, 0.3) is 0 Å². The second kappa shape index (κ2) is 15.2. The van der Waals surface area contributed by atoms with Crippen LogP contribution >= 0.6 is 24.0 Å². The van der Waals surface area contributed by atoms with E-state index in [-0.39, 0.29) is 42.6 Å². The van der Waals surface area contributed by atoms with Crippen molar-refractivity contribution in [3.63, 3.8) is 0 Å². The van der Waals surface area contributed by atoms with Crippen molar-refractivity contribution in [2.24, 2.45) is 10.4 Å². The molecule has 0 saturated carbocycles. The third-order valence-electron chi connectivity index (χ3n) is 5.08. The highest BCUT2D eigenvalue weighted by Crippen LogP contribution is 2.30. The SMILES string of the molecule is C#CCOc1cc(CN=C(NCC)NCC(CC)(CC)CCO)ccc1OC.I. The molecule has 0 atom stereocenters. The molecule has 0 fully saturated rings. The molecule has 0 aromatic heterocycles. The molecule has 1 rings (SSSR count). The van der Waals surface area contributed by atoms with Gasteiger partial charge in [-0.25, -0.2) is 4.99 Å². The number of methoxy groups -OCH3 is 1. The molecule has 0 unspecified atom stereocenters. The Labute approximate surface area is 192 Å². The maximum Gasteiger partial charge on any atom is 0.191 e. The smallest absolute Gasteiger partial charge is 0.191 e. The van der Waals surface area contributed by atoms with Crippen LogP contribution < -0.4 is 20.1 Å². The number of rotatable bonds is 12. The lowest BCUT2D eigenvalue weighted by atomic mass is 9.79. The molecular formula is C22H36IN3O3. The number of aliphatic hydroxyl groups is 1. The van der Waals surface area contributed by atoms with E-state index in [1.807, 2.05) is 25.1 Å². The molecule has 0 radical (unpaired) electrons. The fourth-order valence-corrected chi connectivity index (χ4v) is 3.01. The Kier molecular flexibility index (Phi) is 14.3. The minimum Gasteiger partial charge on any atom is -0.493 e. The Bertz CT molecular complexity index is 655. The average Bonchev–Trinajstić information content (AvgIpc) is 2.73. The van der Waals surface area contributed by atoms with Crippen LogP contribution in [0.1, 0.15) is 45.6 Å². The minimum atomic E-state index is 0. The van der Waals surface area contributed by atoms with Crippen LogP contribution in [-0.2, 0) is 6.54 Å². The Morgan fingerprint density at radius 2 is 1.93 bits per heavy atom. The summed E-state index contributed by atoms with van der Waals surface area (Å²) in [6.07, 6.45) is 8.07. The van der Waals surface area contributed by atoms with Crippen molar-refractivity contribution < 1.29 is 14.6 Å². The number of hydrogen-bond donors (Lipinski definition) is 3. The van der Waals surface area contributed by atoms with Gasteiger partial charge in [-0.15, -0.1) is 30.4 Å². The number of aliphatic hydroxyl groups excluding tert-OH is 1. The van der Waals surface area contributed by atoms with Crippen molar-refractivity contribution >= 4 is 29.9 Å². The standard InChI is InChI=1S/C22H35N3O3.HI/c1-6-14-28-20-15-18(10-11-19(20)27-5)16-24-21(23-9-4)25-17-22(7-2,8-3)12-13-26;/h1,10-11,15,26H,7-9,12-14,16-17H2,2-5H3,(H2,23,24,25);1H. The molecule has 7 heteroatoms. The van der Waals surface area contributed by atoms with Gasteiger partial charge in [-0.3, -0.25) is 0 Å². The number of aliphatic imine (C=N–C) groups is 1. The highest BCUT2D eigenvalue weighted by atomic mass is 127. The van der Waals surface area contributed by atoms with Gasteiger partial charge in [0.05, 0.1) is 13.7 Å². The number of terminal acetylenes is 1. The number of benzene rings is 1.